The van der Waals surface area contributed by atoms with Crippen molar-refractivity contribution in [1.82, 2.24) is 4.98 Å². The standard InChI is InChI=1S/C20H27N3O/c1-19(2,3)14-7-9-15(10-8-14)22-18(24)17-12-11-16(13-21-17)23-20(4,5)6/h7-13,23H,1-6H3,(H,22,24). The van der Waals surface area contributed by atoms with Gasteiger partial charge >= 0.3 is 0 Å². The quantitative estimate of drug-likeness (QED) is 0.849. The van der Waals surface area contributed by atoms with E-state index in [0.29, 0.717) is 5.69 Å². The maximum atomic E-state index is 12.3. The Morgan fingerprint density at radius 2 is 1.46 bits per heavy atom. The average Bonchev–Trinajstić information content (AvgIpc) is 2.46. The predicted octanol–water partition coefficient (Wildman–Crippen LogP) is 4.84. The second-order valence-electron chi connectivity index (χ2n) is 8.09. The van der Waals surface area contributed by atoms with E-state index in [2.05, 4.69) is 57.2 Å². The number of nitrogens with zero attached hydrogens (tertiary/aromatic N) is 1. The van der Waals surface area contributed by atoms with Crippen molar-refractivity contribution in [2.24, 2.45) is 0 Å². The highest BCUT2D eigenvalue weighted by atomic mass is 16.1. The molecule has 1 aromatic heterocycles. The first kappa shape index (κ1) is 18.0. The van der Waals surface area contributed by atoms with Gasteiger partial charge in [0.1, 0.15) is 5.69 Å². The summed E-state index contributed by atoms with van der Waals surface area (Å²) in [6, 6.07) is 11.5. The maximum Gasteiger partial charge on any atom is 0.274 e. The van der Waals surface area contributed by atoms with E-state index in [-0.39, 0.29) is 16.9 Å². The Morgan fingerprint density at radius 1 is 0.875 bits per heavy atom. The first-order chi connectivity index (χ1) is 11.0. The van der Waals surface area contributed by atoms with E-state index in [1.807, 2.05) is 30.3 Å². The van der Waals surface area contributed by atoms with Gasteiger partial charge in [0.15, 0.2) is 0 Å². The molecule has 0 atom stereocenters. The van der Waals surface area contributed by atoms with Crippen molar-refractivity contribution in [2.75, 3.05) is 10.6 Å². The highest BCUT2D eigenvalue weighted by molar-refractivity contribution is 6.02. The molecule has 2 aromatic rings. The lowest BCUT2D eigenvalue weighted by Gasteiger charge is -2.21. The molecule has 0 unspecified atom stereocenters. The van der Waals surface area contributed by atoms with Gasteiger partial charge < -0.3 is 10.6 Å². The number of amides is 1. The Morgan fingerprint density at radius 3 is 1.92 bits per heavy atom. The smallest absolute Gasteiger partial charge is 0.274 e. The van der Waals surface area contributed by atoms with Gasteiger partial charge in [0, 0.05) is 11.2 Å². The molecule has 2 rings (SSSR count). The summed E-state index contributed by atoms with van der Waals surface area (Å²) in [6.45, 7) is 12.7. The predicted molar refractivity (Wildman–Crippen MR) is 101 cm³/mol. The van der Waals surface area contributed by atoms with Gasteiger partial charge in [-0.25, -0.2) is 4.98 Å². The van der Waals surface area contributed by atoms with Gasteiger partial charge in [0.2, 0.25) is 0 Å². The third kappa shape index (κ3) is 5.08. The Balaban J connectivity index is 2.04. The van der Waals surface area contributed by atoms with Crippen molar-refractivity contribution in [3.05, 3.63) is 53.9 Å². The topological polar surface area (TPSA) is 54.0 Å². The van der Waals surface area contributed by atoms with Crippen molar-refractivity contribution < 1.29 is 4.79 Å². The van der Waals surface area contributed by atoms with Crippen molar-refractivity contribution >= 4 is 17.3 Å². The van der Waals surface area contributed by atoms with E-state index in [1.54, 1.807) is 12.3 Å². The molecule has 24 heavy (non-hydrogen) atoms. The van der Waals surface area contributed by atoms with Crippen LogP contribution in [0.5, 0.6) is 0 Å². The minimum absolute atomic E-state index is 0.0414. The number of anilines is 2. The number of hydrogen-bond donors (Lipinski definition) is 2. The first-order valence-electron chi connectivity index (χ1n) is 8.21. The highest BCUT2D eigenvalue weighted by Gasteiger charge is 2.14. The molecule has 0 aliphatic carbocycles. The molecule has 128 valence electrons. The Bertz CT molecular complexity index is 690. The van der Waals surface area contributed by atoms with Crippen molar-refractivity contribution in [3.8, 4) is 0 Å². The Kier molecular flexibility index (Phi) is 4.97. The number of nitrogens with one attached hydrogen (secondary N) is 2. The van der Waals surface area contributed by atoms with E-state index in [4.69, 9.17) is 0 Å². The van der Waals surface area contributed by atoms with Gasteiger partial charge in [-0.15, -0.1) is 0 Å². The molecule has 4 heteroatoms. The lowest BCUT2D eigenvalue weighted by Crippen LogP contribution is -2.26. The van der Waals surface area contributed by atoms with Crippen LogP contribution in [0.2, 0.25) is 0 Å². The summed E-state index contributed by atoms with van der Waals surface area (Å²) in [5.74, 6) is -0.208. The van der Waals surface area contributed by atoms with Gasteiger partial charge in [0.25, 0.3) is 5.91 Å². The largest absolute Gasteiger partial charge is 0.379 e. The number of benzene rings is 1. The molecule has 2 N–H and O–H groups in total. The molecule has 4 nitrogen and oxygen atoms in total. The lowest BCUT2D eigenvalue weighted by atomic mass is 9.87. The van der Waals surface area contributed by atoms with Gasteiger partial charge in [0.05, 0.1) is 11.9 Å². The first-order valence-corrected chi connectivity index (χ1v) is 8.21. The zero-order valence-electron chi connectivity index (χ0n) is 15.4. The summed E-state index contributed by atoms with van der Waals surface area (Å²) in [7, 11) is 0. The van der Waals surface area contributed by atoms with Crippen LogP contribution in [0.15, 0.2) is 42.6 Å². The second-order valence-corrected chi connectivity index (χ2v) is 8.09. The van der Waals surface area contributed by atoms with Crippen LogP contribution in [0.1, 0.15) is 57.6 Å². The molecule has 1 aromatic carbocycles. The third-order valence-electron chi connectivity index (χ3n) is 3.52. The average molecular weight is 325 g/mol. The lowest BCUT2D eigenvalue weighted by molar-refractivity contribution is 0.102. The molecule has 1 amide bonds. The monoisotopic (exact) mass is 325 g/mol. The summed E-state index contributed by atoms with van der Waals surface area (Å²) in [5, 5.41) is 6.21. The van der Waals surface area contributed by atoms with Crippen LogP contribution in [0.4, 0.5) is 11.4 Å². The fourth-order valence-corrected chi connectivity index (χ4v) is 2.28. The van der Waals surface area contributed by atoms with Gasteiger partial charge in [-0.1, -0.05) is 32.9 Å². The Hall–Kier alpha value is -2.36. The highest BCUT2D eigenvalue weighted by Crippen LogP contribution is 2.23. The molecular formula is C20H27N3O. The molecule has 0 aliphatic rings. The summed E-state index contributed by atoms with van der Waals surface area (Å²) in [4.78, 5) is 16.5. The van der Waals surface area contributed by atoms with Crippen molar-refractivity contribution in [2.45, 2.75) is 52.5 Å². The van der Waals surface area contributed by atoms with Crippen LogP contribution >= 0.6 is 0 Å². The fourth-order valence-electron chi connectivity index (χ4n) is 2.28. The minimum Gasteiger partial charge on any atom is -0.379 e. The fraction of sp³-hybridized carbons (Fsp3) is 0.400. The normalized spacial score (nSPS) is 11.9. The molecular weight excluding hydrogens is 298 g/mol. The van der Waals surface area contributed by atoms with Gasteiger partial charge in [-0.05, 0) is 56.0 Å². The zero-order chi connectivity index (χ0) is 18.0. The van der Waals surface area contributed by atoms with E-state index in [1.165, 1.54) is 5.56 Å². The number of aromatic nitrogens is 1. The van der Waals surface area contributed by atoms with Crippen LogP contribution in [-0.2, 0) is 5.41 Å². The summed E-state index contributed by atoms with van der Waals surface area (Å²) >= 11 is 0. The van der Waals surface area contributed by atoms with Crippen molar-refractivity contribution in [3.63, 3.8) is 0 Å². The number of pyridine rings is 1. The Labute approximate surface area is 144 Å². The van der Waals surface area contributed by atoms with Gasteiger partial charge in [-0.2, -0.15) is 0 Å². The van der Waals surface area contributed by atoms with E-state index in [0.717, 1.165) is 11.4 Å². The van der Waals surface area contributed by atoms with Crippen LogP contribution in [0.25, 0.3) is 0 Å². The molecule has 0 bridgehead atoms. The maximum absolute atomic E-state index is 12.3. The van der Waals surface area contributed by atoms with Crippen molar-refractivity contribution in [1.29, 1.82) is 0 Å². The second kappa shape index (κ2) is 6.63. The summed E-state index contributed by atoms with van der Waals surface area (Å²) in [6.07, 6.45) is 1.68. The van der Waals surface area contributed by atoms with E-state index >= 15 is 0 Å². The molecule has 0 fully saturated rings. The van der Waals surface area contributed by atoms with Crippen LogP contribution in [0.3, 0.4) is 0 Å². The SMILES string of the molecule is CC(C)(C)Nc1ccc(C(=O)Nc2ccc(C(C)(C)C)cc2)nc1. The van der Waals surface area contributed by atoms with E-state index in [9.17, 15) is 4.79 Å². The molecule has 0 aliphatic heterocycles. The number of carbonyl (C=O) groups is 1. The molecule has 0 saturated heterocycles. The van der Waals surface area contributed by atoms with Crippen LogP contribution in [0, 0.1) is 0 Å². The molecule has 0 saturated carbocycles. The molecule has 0 spiro atoms. The number of hydrogen-bond acceptors (Lipinski definition) is 3. The van der Waals surface area contributed by atoms with Crippen LogP contribution < -0.4 is 10.6 Å². The summed E-state index contributed by atoms with van der Waals surface area (Å²) in [5.41, 5.74) is 3.35. The number of rotatable bonds is 3. The van der Waals surface area contributed by atoms with E-state index < -0.39 is 0 Å². The third-order valence-corrected chi connectivity index (χ3v) is 3.52. The minimum atomic E-state index is -0.208. The number of carbonyl (C=O) groups excluding carboxylic acids is 1. The summed E-state index contributed by atoms with van der Waals surface area (Å²) < 4.78 is 0. The zero-order valence-corrected chi connectivity index (χ0v) is 15.4. The molecule has 1 heterocycles. The van der Waals surface area contributed by atoms with Gasteiger partial charge in [-0.3, -0.25) is 4.79 Å². The molecule has 0 radical (unpaired) electrons. The van der Waals surface area contributed by atoms with Crippen LogP contribution in [-0.4, -0.2) is 16.4 Å².